The molecule has 0 aromatic heterocycles. The highest BCUT2D eigenvalue weighted by Gasteiger charge is 2.23. The summed E-state index contributed by atoms with van der Waals surface area (Å²) >= 11 is 13.1. The molecule has 108 valence electrons. The first-order valence-electron chi connectivity index (χ1n) is 6.16. The van der Waals surface area contributed by atoms with Crippen molar-refractivity contribution >= 4 is 55.1 Å². The van der Waals surface area contributed by atoms with Gasteiger partial charge < -0.3 is 5.32 Å². The predicted molar refractivity (Wildman–Crippen MR) is 88.7 cm³/mol. The Morgan fingerprint density at radius 3 is 2.71 bits per heavy atom. The fourth-order valence-corrected chi connectivity index (χ4v) is 3.89. The van der Waals surface area contributed by atoms with Gasteiger partial charge in [0, 0.05) is 15.2 Å². The van der Waals surface area contributed by atoms with Crippen LogP contribution in [0.15, 0.2) is 34.8 Å². The van der Waals surface area contributed by atoms with E-state index >= 15 is 0 Å². The summed E-state index contributed by atoms with van der Waals surface area (Å²) in [5.41, 5.74) is 3.21. The van der Waals surface area contributed by atoms with Gasteiger partial charge in [-0.1, -0.05) is 49.5 Å². The number of carbonyl (C=O) groups excluding carboxylic acids is 1. The Hall–Kier alpha value is -0.910. The number of hydrogen-bond acceptors (Lipinski definition) is 1. The zero-order chi connectivity index (χ0) is 15.1. The molecule has 6 heteroatoms. The highest BCUT2D eigenvalue weighted by molar-refractivity contribution is 9.10. The van der Waals surface area contributed by atoms with E-state index in [2.05, 4.69) is 37.2 Å². The molecule has 1 aliphatic heterocycles. The lowest BCUT2D eigenvalue weighted by molar-refractivity contribution is -0.115. The van der Waals surface area contributed by atoms with Gasteiger partial charge in [-0.2, -0.15) is 0 Å². The maximum Gasteiger partial charge on any atom is 0.228 e. The molecule has 0 bridgehead atoms. The van der Waals surface area contributed by atoms with Crippen LogP contribution >= 0.6 is 43.5 Å². The molecular weight excluding hydrogens is 424 g/mol. The number of carbonyl (C=O) groups is 1. The number of anilines is 1. The van der Waals surface area contributed by atoms with Crippen molar-refractivity contribution in [3.63, 3.8) is 0 Å². The van der Waals surface area contributed by atoms with Gasteiger partial charge in [-0.05, 0) is 41.0 Å². The first-order chi connectivity index (χ1) is 9.94. The van der Waals surface area contributed by atoms with Crippen LogP contribution in [0.5, 0.6) is 0 Å². The minimum absolute atomic E-state index is 0.0437. The van der Waals surface area contributed by atoms with Crippen molar-refractivity contribution < 1.29 is 9.18 Å². The van der Waals surface area contributed by atoms with E-state index in [1.165, 1.54) is 12.1 Å². The number of alkyl halides is 1. The van der Waals surface area contributed by atoms with Gasteiger partial charge in [0.25, 0.3) is 0 Å². The molecule has 2 nitrogen and oxygen atoms in total. The van der Waals surface area contributed by atoms with Crippen LogP contribution < -0.4 is 5.32 Å². The van der Waals surface area contributed by atoms with E-state index < -0.39 is 0 Å². The molecule has 1 heterocycles. The molecule has 1 atom stereocenters. The molecule has 1 amide bonds. The van der Waals surface area contributed by atoms with Crippen molar-refractivity contribution in [2.24, 2.45) is 0 Å². The van der Waals surface area contributed by atoms with Crippen LogP contribution in [0.4, 0.5) is 10.1 Å². The van der Waals surface area contributed by atoms with Crippen LogP contribution in [0.2, 0.25) is 5.02 Å². The Labute approximate surface area is 142 Å². The van der Waals surface area contributed by atoms with E-state index in [9.17, 15) is 9.18 Å². The fourth-order valence-electron chi connectivity index (χ4n) is 2.36. The molecule has 0 saturated heterocycles. The number of halogens is 4. The molecule has 1 aliphatic rings. The number of nitrogens with one attached hydrogen (secondary N) is 1. The molecule has 21 heavy (non-hydrogen) atoms. The first kappa shape index (κ1) is 15.0. The molecule has 1 N–H and O–H groups in total. The molecule has 0 fully saturated rings. The monoisotopic (exact) mass is 431 g/mol. The lowest BCUT2D eigenvalue weighted by Crippen LogP contribution is -2.03. The molecule has 0 spiro atoms. The largest absolute Gasteiger partial charge is 0.325 e. The van der Waals surface area contributed by atoms with Gasteiger partial charge >= 0.3 is 0 Å². The minimum Gasteiger partial charge on any atom is -0.325 e. The number of amides is 1. The van der Waals surface area contributed by atoms with Crippen LogP contribution in [-0.4, -0.2) is 5.91 Å². The Kier molecular flexibility index (Phi) is 4.08. The molecule has 0 aliphatic carbocycles. The summed E-state index contributed by atoms with van der Waals surface area (Å²) in [7, 11) is 0. The lowest BCUT2D eigenvalue weighted by atomic mass is 10.0. The van der Waals surface area contributed by atoms with Crippen LogP contribution in [0.1, 0.15) is 21.5 Å². The van der Waals surface area contributed by atoms with Gasteiger partial charge in [0.2, 0.25) is 5.91 Å². The zero-order valence-corrected chi connectivity index (χ0v) is 14.5. The number of rotatable bonds is 2. The number of fused-ring (bicyclic) bond motifs is 1. The highest BCUT2D eigenvalue weighted by atomic mass is 79.9. The summed E-state index contributed by atoms with van der Waals surface area (Å²) in [6, 6.07) is 8.30. The summed E-state index contributed by atoms with van der Waals surface area (Å²) in [6.45, 7) is 0. The van der Waals surface area contributed by atoms with Gasteiger partial charge in [-0.25, -0.2) is 4.39 Å². The van der Waals surface area contributed by atoms with E-state index in [1.807, 2.05) is 12.1 Å². The molecule has 1 unspecified atom stereocenters. The maximum absolute atomic E-state index is 13.5. The molecule has 2 aromatic carbocycles. The Balaban J connectivity index is 2.04. The van der Waals surface area contributed by atoms with Gasteiger partial charge in [0.05, 0.1) is 11.2 Å². The Morgan fingerprint density at radius 2 is 2.00 bits per heavy atom. The standard InChI is InChI=1S/C15H9Br2ClFNO/c16-9-1-8(2-10(19)5-9)15(17)11-3-7-4-14(21)20-13(7)6-12(11)18/h1-3,5-6,15H,4H2,(H,20,21). The highest BCUT2D eigenvalue weighted by Crippen LogP contribution is 2.40. The predicted octanol–water partition coefficient (Wildman–Crippen LogP) is 5.22. The number of hydrogen-bond donors (Lipinski definition) is 1. The van der Waals surface area contributed by atoms with Gasteiger partial charge in [-0.15, -0.1) is 0 Å². The van der Waals surface area contributed by atoms with Crippen molar-refractivity contribution in [2.45, 2.75) is 11.2 Å². The summed E-state index contributed by atoms with van der Waals surface area (Å²) < 4.78 is 14.2. The summed E-state index contributed by atoms with van der Waals surface area (Å²) in [4.78, 5) is 11.2. The van der Waals surface area contributed by atoms with Crippen molar-refractivity contribution in [2.75, 3.05) is 5.32 Å². The third kappa shape index (κ3) is 3.00. The SMILES string of the molecule is O=C1Cc2cc(C(Br)c3cc(F)cc(Br)c3)c(Cl)cc2N1. The first-order valence-corrected chi connectivity index (χ1v) is 8.25. The Bertz CT molecular complexity index is 730. The molecular formula is C15H9Br2ClFNO. The van der Waals surface area contributed by atoms with Gasteiger partial charge in [0.1, 0.15) is 5.82 Å². The third-order valence-corrected chi connectivity index (χ3v) is 5.11. The van der Waals surface area contributed by atoms with E-state index in [0.29, 0.717) is 15.9 Å². The lowest BCUT2D eigenvalue weighted by Gasteiger charge is -2.15. The third-order valence-electron chi connectivity index (χ3n) is 3.30. The maximum atomic E-state index is 13.5. The van der Waals surface area contributed by atoms with Crippen LogP contribution in [0.25, 0.3) is 0 Å². The Morgan fingerprint density at radius 1 is 1.24 bits per heavy atom. The van der Waals surface area contributed by atoms with Gasteiger partial charge in [0.15, 0.2) is 0 Å². The van der Waals surface area contributed by atoms with E-state index in [4.69, 9.17) is 11.6 Å². The van der Waals surface area contributed by atoms with Crippen molar-refractivity contribution in [3.8, 4) is 0 Å². The quantitative estimate of drug-likeness (QED) is 0.647. The fraction of sp³-hybridized carbons (Fsp3) is 0.133. The van der Waals surface area contributed by atoms with Gasteiger partial charge in [-0.3, -0.25) is 4.79 Å². The minimum atomic E-state index is -0.321. The average molecular weight is 434 g/mol. The molecule has 0 saturated carbocycles. The van der Waals surface area contributed by atoms with Crippen molar-refractivity contribution in [1.29, 1.82) is 0 Å². The van der Waals surface area contributed by atoms with Crippen LogP contribution in [-0.2, 0) is 11.2 Å². The number of benzene rings is 2. The smallest absolute Gasteiger partial charge is 0.228 e. The van der Waals surface area contributed by atoms with Crippen molar-refractivity contribution in [1.82, 2.24) is 0 Å². The zero-order valence-electron chi connectivity index (χ0n) is 10.6. The second-order valence-electron chi connectivity index (χ2n) is 4.82. The summed E-state index contributed by atoms with van der Waals surface area (Å²) in [5, 5.41) is 3.28. The van der Waals surface area contributed by atoms with Crippen LogP contribution in [0, 0.1) is 5.82 Å². The average Bonchev–Trinajstić information content (AvgIpc) is 2.75. The van der Waals surface area contributed by atoms with E-state index in [1.54, 1.807) is 6.07 Å². The normalized spacial score (nSPS) is 14.8. The second kappa shape index (κ2) is 5.71. The van der Waals surface area contributed by atoms with Crippen LogP contribution in [0.3, 0.4) is 0 Å². The van der Waals surface area contributed by atoms with E-state index in [-0.39, 0.29) is 16.6 Å². The molecule has 2 aromatic rings. The topological polar surface area (TPSA) is 29.1 Å². The van der Waals surface area contributed by atoms with Crippen molar-refractivity contribution in [3.05, 3.63) is 62.3 Å². The summed E-state index contributed by atoms with van der Waals surface area (Å²) in [5.74, 6) is -0.365. The summed E-state index contributed by atoms with van der Waals surface area (Å²) in [6.07, 6.45) is 0.339. The second-order valence-corrected chi connectivity index (χ2v) is 7.06. The van der Waals surface area contributed by atoms with E-state index in [0.717, 1.165) is 22.4 Å². The molecule has 0 radical (unpaired) electrons. The molecule has 3 rings (SSSR count).